The zero-order valence-corrected chi connectivity index (χ0v) is 14.1. The fourth-order valence-corrected chi connectivity index (χ4v) is 3.08. The molecule has 0 aliphatic rings. The number of furan rings is 1. The smallest absolute Gasteiger partial charge is 0.273 e. The van der Waals surface area contributed by atoms with Crippen LogP contribution >= 0.6 is 11.3 Å². The second-order valence-electron chi connectivity index (χ2n) is 5.36. The van der Waals surface area contributed by atoms with E-state index in [0.29, 0.717) is 18.1 Å². The average molecular weight is 354 g/mol. The van der Waals surface area contributed by atoms with E-state index in [0.717, 1.165) is 16.3 Å². The lowest BCUT2D eigenvalue weighted by Crippen LogP contribution is -2.24. The molecule has 0 saturated carbocycles. The maximum atomic E-state index is 12.3. The molecule has 0 fully saturated rings. The summed E-state index contributed by atoms with van der Waals surface area (Å²) in [4.78, 5) is 13.3. The van der Waals surface area contributed by atoms with Crippen LogP contribution in [0.1, 0.15) is 16.2 Å². The lowest BCUT2D eigenvalue weighted by Gasteiger charge is -2.02. The number of rotatable bonds is 5. The molecule has 0 radical (unpaired) electrons. The number of amides is 1. The van der Waals surface area contributed by atoms with Gasteiger partial charge in [0.05, 0.1) is 23.4 Å². The van der Waals surface area contributed by atoms with Gasteiger partial charge in [-0.1, -0.05) is 11.2 Å². The van der Waals surface area contributed by atoms with Crippen molar-refractivity contribution in [1.29, 1.82) is 0 Å². The van der Waals surface area contributed by atoms with Crippen LogP contribution in [0.3, 0.4) is 0 Å². The summed E-state index contributed by atoms with van der Waals surface area (Å²) in [7, 11) is 1.85. The van der Waals surface area contributed by atoms with Crippen molar-refractivity contribution in [2.75, 3.05) is 0 Å². The molecule has 4 aromatic rings. The third-order valence-electron chi connectivity index (χ3n) is 3.69. The standard InChI is InChI=1S/C17H14N4O3S/c1-21-11(8-12(19-21)16-5-3-7-25-16)10-18-17(22)13-9-15(24-20-13)14-4-2-6-23-14/h2-9H,10H2,1H3,(H,18,22). The molecule has 0 bridgehead atoms. The van der Waals surface area contributed by atoms with Gasteiger partial charge >= 0.3 is 0 Å². The number of hydrogen-bond acceptors (Lipinski definition) is 6. The third-order valence-corrected chi connectivity index (χ3v) is 4.58. The van der Waals surface area contributed by atoms with Crippen LogP contribution in [0.2, 0.25) is 0 Å². The summed E-state index contributed by atoms with van der Waals surface area (Å²) in [5, 5.41) is 13.1. The van der Waals surface area contributed by atoms with Crippen molar-refractivity contribution < 1.29 is 13.7 Å². The average Bonchev–Trinajstić information content (AvgIpc) is 3.39. The second kappa shape index (κ2) is 6.40. The number of thiophene rings is 1. The molecule has 0 aliphatic carbocycles. The van der Waals surface area contributed by atoms with E-state index in [1.807, 2.05) is 30.6 Å². The van der Waals surface area contributed by atoms with Gasteiger partial charge in [-0.2, -0.15) is 5.10 Å². The molecule has 0 spiro atoms. The first kappa shape index (κ1) is 15.4. The number of carbonyl (C=O) groups excluding carboxylic acids is 1. The van der Waals surface area contributed by atoms with E-state index in [9.17, 15) is 4.79 Å². The molecule has 0 atom stereocenters. The van der Waals surface area contributed by atoms with Gasteiger partial charge in [0.15, 0.2) is 11.5 Å². The maximum Gasteiger partial charge on any atom is 0.273 e. The Morgan fingerprint density at radius 2 is 2.20 bits per heavy atom. The maximum absolute atomic E-state index is 12.3. The van der Waals surface area contributed by atoms with E-state index in [2.05, 4.69) is 15.6 Å². The summed E-state index contributed by atoms with van der Waals surface area (Å²) in [6, 6.07) is 11.0. The molecule has 1 N–H and O–H groups in total. The minimum absolute atomic E-state index is 0.201. The fourth-order valence-electron chi connectivity index (χ4n) is 2.39. The molecular weight excluding hydrogens is 340 g/mol. The number of hydrogen-bond donors (Lipinski definition) is 1. The Kier molecular flexibility index (Phi) is 3.95. The highest BCUT2D eigenvalue weighted by Gasteiger charge is 2.16. The van der Waals surface area contributed by atoms with Gasteiger partial charge in [-0.05, 0) is 29.6 Å². The second-order valence-corrected chi connectivity index (χ2v) is 6.31. The zero-order valence-electron chi connectivity index (χ0n) is 13.3. The van der Waals surface area contributed by atoms with Gasteiger partial charge in [0.2, 0.25) is 5.76 Å². The Bertz CT molecular complexity index is 983. The molecule has 0 saturated heterocycles. The van der Waals surface area contributed by atoms with Crippen LogP contribution in [-0.4, -0.2) is 20.8 Å². The molecule has 4 rings (SSSR count). The quantitative estimate of drug-likeness (QED) is 0.594. The van der Waals surface area contributed by atoms with Crippen LogP contribution in [0.5, 0.6) is 0 Å². The Balaban J connectivity index is 1.44. The number of nitrogens with zero attached hydrogens (tertiary/aromatic N) is 3. The monoisotopic (exact) mass is 354 g/mol. The first-order valence-corrected chi connectivity index (χ1v) is 8.44. The molecule has 0 unspecified atom stereocenters. The van der Waals surface area contributed by atoms with Crippen molar-refractivity contribution in [2.45, 2.75) is 6.54 Å². The summed E-state index contributed by atoms with van der Waals surface area (Å²) in [6.45, 7) is 0.344. The summed E-state index contributed by atoms with van der Waals surface area (Å²) in [5.74, 6) is 0.620. The topological polar surface area (TPSA) is 86.1 Å². The van der Waals surface area contributed by atoms with Gasteiger partial charge in [-0.25, -0.2) is 0 Å². The number of carbonyl (C=O) groups is 1. The highest BCUT2D eigenvalue weighted by molar-refractivity contribution is 7.13. The highest BCUT2D eigenvalue weighted by atomic mass is 32.1. The number of aromatic nitrogens is 3. The van der Waals surface area contributed by atoms with E-state index in [1.54, 1.807) is 34.2 Å². The molecule has 1 amide bonds. The first-order chi connectivity index (χ1) is 12.2. The van der Waals surface area contributed by atoms with E-state index >= 15 is 0 Å². The van der Waals surface area contributed by atoms with Crippen molar-refractivity contribution in [2.24, 2.45) is 7.05 Å². The summed E-state index contributed by atoms with van der Waals surface area (Å²) in [5.41, 5.74) is 1.99. The van der Waals surface area contributed by atoms with Crippen molar-refractivity contribution in [3.05, 3.63) is 59.4 Å². The van der Waals surface area contributed by atoms with Gasteiger partial charge < -0.3 is 14.3 Å². The summed E-state index contributed by atoms with van der Waals surface area (Å²) < 4.78 is 12.1. The Morgan fingerprint density at radius 3 is 2.96 bits per heavy atom. The predicted octanol–water partition coefficient (Wildman–Crippen LogP) is 3.33. The van der Waals surface area contributed by atoms with Crippen LogP contribution < -0.4 is 5.32 Å². The van der Waals surface area contributed by atoms with Gasteiger partial charge in [0.25, 0.3) is 5.91 Å². The van der Waals surface area contributed by atoms with Gasteiger partial charge in [-0.15, -0.1) is 11.3 Å². The molecule has 4 heterocycles. The third kappa shape index (κ3) is 3.11. The fraction of sp³-hybridized carbons (Fsp3) is 0.118. The largest absolute Gasteiger partial charge is 0.461 e. The lowest BCUT2D eigenvalue weighted by atomic mass is 10.3. The van der Waals surface area contributed by atoms with E-state index < -0.39 is 0 Å². The van der Waals surface area contributed by atoms with E-state index in [-0.39, 0.29) is 11.6 Å². The van der Waals surface area contributed by atoms with Crippen LogP contribution in [0, 0.1) is 0 Å². The Labute approximate surface area is 146 Å². The molecule has 0 aliphatic heterocycles. The minimum atomic E-state index is -0.319. The minimum Gasteiger partial charge on any atom is -0.461 e. The number of nitrogens with one attached hydrogen (secondary N) is 1. The van der Waals surface area contributed by atoms with Gasteiger partial charge in [-0.3, -0.25) is 9.48 Å². The van der Waals surface area contributed by atoms with Gasteiger partial charge in [0, 0.05) is 13.1 Å². The van der Waals surface area contributed by atoms with Crippen molar-refractivity contribution >= 4 is 17.2 Å². The van der Waals surface area contributed by atoms with Crippen LogP contribution in [0.4, 0.5) is 0 Å². The van der Waals surface area contributed by atoms with E-state index in [1.165, 1.54) is 6.26 Å². The van der Waals surface area contributed by atoms with Crippen molar-refractivity contribution in [3.63, 3.8) is 0 Å². The molecule has 25 heavy (non-hydrogen) atoms. The molecule has 0 aromatic carbocycles. The van der Waals surface area contributed by atoms with E-state index in [4.69, 9.17) is 8.94 Å². The zero-order chi connectivity index (χ0) is 17.2. The predicted molar refractivity (Wildman–Crippen MR) is 91.9 cm³/mol. The SMILES string of the molecule is Cn1nc(-c2cccs2)cc1CNC(=O)c1cc(-c2ccco2)on1. The molecular formula is C17H14N4O3S. The molecule has 8 heteroatoms. The van der Waals surface area contributed by atoms with Crippen molar-refractivity contribution in [1.82, 2.24) is 20.3 Å². The Hall–Kier alpha value is -3.13. The molecule has 4 aromatic heterocycles. The van der Waals surface area contributed by atoms with Crippen LogP contribution in [0.25, 0.3) is 22.1 Å². The Morgan fingerprint density at radius 1 is 1.28 bits per heavy atom. The summed E-state index contributed by atoms with van der Waals surface area (Å²) >= 11 is 1.63. The molecule has 126 valence electrons. The lowest BCUT2D eigenvalue weighted by molar-refractivity contribution is 0.0941. The number of aryl methyl sites for hydroxylation is 1. The highest BCUT2D eigenvalue weighted by Crippen LogP contribution is 2.24. The van der Waals surface area contributed by atoms with Crippen molar-refractivity contribution in [3.8, 4) is 22.1 Å². The van der Waals surface area contributed by atoms with Gasteiger partial charge in [0.1, 0.15) is 5.69 Å². The molecule has 7 nitrogen and oxygen atoms in total. The normalized spacial score (nSPS) is 10.9. The summed E-state index contributed by atoms with van der Waals surface area (Å²) in [6.07, 6.45) is 1.53. The first-order valence-electron chi connectivity index (χ1n) is 7.56. The van der Waals surface area contributed by atoms with Crippen LogP contribution in [0.15, 0.2) is 57.0 Å². The van der Waals surface area contributed by atoms with Crippen LogP contribution in [-0.2, 0) is 13.6 Å².